The lowest BCUT2D eigenvalue weighted by Gasteiger charge is -2.36. The van der Waals surface area contributed by atoms with E-state index in [2.05, 4.69) is 22.0 Å². The Labute approximate surface area is 232 Å². The van der Waals surface area contributed by atoms with Crippen molar-refractivity contribution in [3.8, 4) is 5.75 Å². The van der Waals surface area contributed by atoms with Crippen LogP contribution in [0.4, 0.5) is 23.1 Å². The summed E-state index contributed by atoms with van der Waals surface area (Å²) in [6, 6.07) is 5.64. The van der Waals surface area contributed by atoms with Crippen LogP contribution >= 0.6 is 34.9 Å². The molecule has 1 saturated carbocycles. The fraction of sp³-hybridized carbons (Fsp3) is 0.560. The van der Waals surface area contributed by atoms with Gasteiger partial charge in [-0.25, -0.2) is 9.78 Å². The number of amides is 2. The van der Waals surface area contributed by atoms with Crippen molar-refractivity contribution in [1.29, 1.82) is 0 Å². The molecule has 1 aromatic heterocycles. The van der Waals surface area contributed by atoms with E-state index >= 15 is 0 Å². The van der Waals surface area contributed by atoms with Gasteiger partial charge in [0.2, 0.25) is 0 Å². The first-order valence-corrected chi connectivity index (χ1v) is 14.9. The van der Waals surface area contributed by atoms with Gasteiger partial charge in [0.05, 0.1) is 10.4 Å². The summed E-state index contributed by atoms with van der Waals surface area (Å²) in [5.41, 5.74) is 0. The van der Waals surface area contributed by atoms with Crippen LogP contribution in [0.2, 0.25) is 0 Å². The lowest BCUT2D eigenvalue weighted by molar-refractivity contribution is -0.274. The topological polar surface area (TPSA) is 91.8 Å². The maximum atomic E-state index is 13.3. The fourth-order valence-corrected chi connectivity index (χ4v) is 7.09. The third kappa shape index (κ3) is 9.57. The normalized spacial score (nSPS) is 18.2. The molecule has 1 aliphatic carbocycles. The van der Waals surface area contributed by atoms with Crippen molar-refractivity contribution in [3.63, 3.8) is 0 Å². The summed E-state index contributed by atoms with van der Waals surface area (Å²) in [6.07, 6.45) is 1.52. The molecule has 1 heterocycles. The predicted octanol–water partition coefficient (Wildman–Crippen LogP) is 7.59. The quantitative estimate of drug-likeness (QED) is 0.205. The summed E-state index contributed by atoms with van der Waals surface area (Å²) in [6.45, 7) is 5.99. The van der Waals surface area contributed by atoms with E-state index in [4.69, 9.17) is 0 Å². The van der Waals surface area contributed by atoms with Crippen LogP contribution in [0.15, 0.2) is 39.6 Å². The number of nitrogens with one attached hydrogen (secondary N) is 1. The number of hydrogen-bond donors (Lipinski definition) is 2. The summed E-state index contributed by atoms with van der Waals surface area (Å²) < 4.78 is 40.6. The number of benzene rings is 1. The molecule has 0 atom stereocenters. The number of aliphatic carboxylic acids is 1. The number of rotatable bonds is 11. The smallest absolute Gasteiger partial charge is 0.480 e. The summed E-state index contributed by atoms with van der Waals surface area (Å²) >= 11 is 3.93. The maximum absolute atomic E-state index is 13.3. The minimum atomic E-state index is -4.72. The van der Waals surface area contributed by atoms with E-state index in [1.807, 2.05) is 4.90 Å². The molecule has 0 aliphatic heterocycles. The number of anilines is 1. The molecule has 1 aliphatic rings. The number of hydrogen-bond acceptors (Lipinski definition) is 7. The van der Waals surface area contributed by atoms with Crippen molar-refractivity contribution >= 4 is 52.0 Å². The van der Waals surface area contributed by atoms with Crippen LogP contribution in [0.25, 0.3) is 0 Å². The van der Waals surface area contributed by atoms with E-state index in [1.54, 1.807) is 32.2 Å². The van der Waals surface area contributed by atoms with Crippen LogP contribution < -0.4 is 10.1 Å². The SMILES string of the molecule is CC(C)(Sc1cnc(NC(=O)N(CCCSc2ccc(OC(F)(F)F)cc2)[C@H]2CC[C@H](C)CC2)s1)C(=O)O. The Morgan fingerprint density at radius 3 is 2.45 bits per heavy atom. The average Bonchev–Trinajstić information content (AvgIpc) is 3.25. The van der Waals surface area contributed by atoms with E-state index < -0.39 is 17.1 Å². The van der Waals surface area contributed by atoms with Gasteiger partial charge in [-0.3, -0.25) is 10.1 Å². The second-order valence-corrected chi connectivity index (χ2v) is 13.8. The molecule has 38 heavy (non-hydrogen) atoms. The van der Waals surface area contributed by atoms with E-state index in [0.717, 1.165) is 30.6 Å². The molecule has 2 N–H and O–H groups in total. The molecule has 0 unspecified atom stereocenters. The number of halogens is 3. The van der Waals surface area contributed by atoms with Crippen molar-refractivity contribution in [2.45, 2.75) is 79.1 Å². The van der Waals surface area contributed by atoms with Crippen LogP contribution in [-0.2, 0) is 4.79 Å². The van der Waals surface area contributed by atoms with Crippen molar-refractivity contribution in [3.05, 3.63) is 30.5 Å². The van der Waals surface area contributed by atoms with Gasteiger partial charge in [-0.15, -0.1) is 24.9 Å². The van der Waals surface area contributed by atoms with Crippen LogP contribution in [0.1, 0.15) is 52.9 Å². The van der Waals surface area contributed by atoms with Gasteiger partial charge < -0.3 is 14.7 Å². The zero-order chi connectivity index (χ0) is 27.9. The summed E-state index contributed by atoms with van der Waals surface area (Å²) in [4.78, 5) is 31.6. The average molecular weight is 592 g/mol. The van der Waals surface area contributed by atoms with Crippen LogP contribution in [-0.4, -0.2) is 56.4 Å². The Balaban J connectivity index is 1.56. The van der Waals surface area contributed by atoms with Crippen molar-refractivity contribution < 1.29 is 32.6 Å². The molecule has 0 spiro atoms. The largest absolute Gasteiger partial charge is 0.573 e. The molecule has 1 fully saturated rings. The molecule has 210 valence electrons. The van der Waals surface area contributed by atoms with Gasteiger partial charge in [0.1, 0.15) is 10.5 Å². The van der Waals surface area contributed by atoms with Gasteiger partial charge in [-0.05, 0) is 81.9 Å². The molecule has 0 radical (unpaired) electrons. The van der Waals surface area contributed by atoms with E-state index in [0.29, 0.717) is 34.0 Å². The van der Waals surface area contributed by atoms with Crippen LogP contribution in [0.3, 0.4) is 0 Å². The van der Waals surface area contributed by atoms with E-state index in [-0.39, 0.29) is 17.8 Å². The van der Waals surface area contributed by atoms with Gasteiger partial charge in [0.25, 0.3) is 0 Å². The lowest BCUT2D eigenvalue weighted by Crippen LogP contribution is -2.45. The number of carbonyl (C=O) groups excluding carboxylic acids is 1. The predicted molar refractivity (Wildman–Crippen MR) is 145 cm³/mol. The Bertz CT molecular complexity index is 1070. The second-order valence-electron chi connectivity index (χ2n) is 9.66. The van der Waals surface area contributed by atoms with Gasteiger partial charge in [0.15, 0.2) is 5.13 Å². The third-order valence-corrected chi connectivity index (χ3v) is 9.42. The molecule has 13 heteroatoms. The van der Waals surface area contributed by atoms with Gasteiger partial charge >= 0.3 is 18.4 Å². The zero-order valence-electron chi connectivity index (χ0n) is 21.4. The summed E-state index contributed by atoms with van der Waals surface area (Å²) in [5, 5.41) is 12.7. The highest BCUT2D eigenvalue weighted by Gasteiger charge is 2.32. The molecular formula is C25H32F3N3O4S3. The number of aromatic nitrogens is 1. The molecule has 0 saturated heterocycles. The van der Waals surface area contributed by atoms with E-state index in [9.17, 15) is 27.9 Å². The molecule has 2 aromatic rings. The Morgan fingerprint density at radius 2 is 1.84 bits per heavy atom. The van der Waals surface area contributed by atoms with Crippen molar-refractivity contribution in [2.24, 2.45) is 5.92 Å². The Hall–Kier alpha value is -2.12. The number of carboxylic acid groups (broad SMARTS) is 1. The highest BCUT2D eigenvalue weighted by Crippen LogP contribution is 2.38. The summed E-state index contributed by atoms with van der Waals surface area (Å²) in [5.74, 6) is 0.135. The van der Waals surface area contributed by atoms with E-state index in [1.165, 1.54) is 47.0 Å². The fourth-order valence-electron chi connectivity index (χ4n) is 3.99. The second kappa shape index (κ2) is 13.3. The van der Waals surface area contributed by atoms with Crippen LogP contribution in [0.5, 0.6) is 5.75 Å². The molecule has 7 nitrogen and oxygen atoms in total. The Morgan fingerprint density at radius 1 is 1.18 bits per heavy atom. The van der Waals surface area contributed by atoms with Crippen molar-refractivity contribution in [1.82, 2.24) is 9.88 Å². The van der Waals surface area contributed by atoms with Gasteiger partial charge in [-0.1, -0.05) is 30.0 Å². The molecule has 3 rings (SSSR count). The minimum absolute atomic E-state index is 0.120. The number of carboxylic acids is 1. The summed E-state index contributed by atoms with van der Waals surface area (Å²) in [7, 11) is 0. The standard InChI is InChI=1S/C25H32F3N3O4S3/c1-16-5-7-17(8-6-16)31(13-4-14-36-19-11-9-18(10-12-19)35-25(26,27)28)23(34)30-22-29-15-20(37-22)38-24(2,3)21(32)33/h9-12,15-17H,4-8,13-14H2,1-3H3,(H,32,33)(H,29,30,34)/t16-,17-. The lowest BCUT2D eigenvalue weighted by atomic mass is 9.86. The number of thiazole rings is 1. The third-order valence-electron chi connectivity index (χ3n) is 6.13. The zero-order valence-corrected chi connectivity index (χ0v) is 23.9. The molecule has 0 bridgehead atoms. The number of alkyl halides is 3. The number of urea groups is 1. The monoisotopic (exact) mass is 591 g/mol. The molecule has 1 aromatic carbocycles. The van der Waals surface area contributed by atoms with Crippen molar-refractivity contribution in [2.75, 3.05) is 17.6 Å². The van der Waals surface area contributed by atoms with Gasteiger partial charge in [0, 0.05) is 17.5 Å². The highest BCUT2D eigenvalue weighted by atomic mass is 32.2. The molecule has 2 amide bonds. The first kappa shape index (κ1) is 30.4. The first-order chi connectivity index (χ1) is 17.8. The number of thioether (sulfide) groups is 2. The highest BCUT2D eigenvalue weighted by molar-refractivity contribution is 8.03. The van der Waals surface area contributed by atoms with Gasteiger partial charge in [-0.2, -0.15) is 0 Å². The Kier molecular flexibility index (Phi) is 10.6. The van der Waals surface area contributed by atoms with Crippen LogP contribution in [0, 0.1) is 5.92 Å². The minimum Gasteiger partial charge on any atom is -0.480 e. The number of carbonyl (C=O) groups is 2. The number of nitrogens with zero attached hydrogens (tertiary/aromatic N) is 2. The maximum Gasteiger partial charge on any atom is 0.573 e. The molecular weight excluding hydrogens is 559 g/mol. The number of ether oxygens (including phenoxy) is 1. The first-order valence-electron chi connectivity index (χ1n) is 12.3.